The fourth-order valence-electron chi connectivity index (χ4n) is 3.67. The van der Waals surface area contributed by atoms with Crippen molar-refractivity contribution in [3.63, 3.8) is 0 Å². The molecule has 1 aliphatic heterocycles. The summed E-state index contributed by atoms with van der Waals surface area (Å²) in [4.78, 5) is 30.0. The van der Waals surface area contributed by atoms with Crippen molar-refractivity contribution >= 4 is 34.7 Å². The highest BCUT2D eigenvalue weighted by Gasteiger charge is 2.41. The van der Waals surface area contributed by atoms with Gasteiger partial charge >= 0.3 is 0 Å². The Kier molecular flexibility index (Phi) is 7.10. The van der Waals surface area contributed by atoms with Crippen molar-refractivity contribution in [2.45, 2.75) is 39.5 Å². The van der Waals surface area contributed by atoms with E-state index in [9.17, 15) is 9.59 Å². The zero-order valence-electron chi connectivity index (χ0n) is 17.0. The normalized spacial score (nSPS) is 14.1. The molecule has 0 unspecified atom stereocenters. The van der Waals surface area contributed by atoms with E-state index >= 15 is 0 Å². The van der Waals surface area contributed by atoms with Gasteiger partial charge in [-0.1, -0.05) is 68.1 Å². The molecule has 2 amide bonds. The third kappa shape index (κ3) is 4.54. The second-order valence-electron chi connectivity index (χ2n) is 7.13. The van der Waals surface area contributed by atoms with E-state index in [1.54, 1.807) is 12.1 Å². The molecule has 0 saturated heterocycles. The lowest BCUT2D eigenvalue weighted by Crippen LogP contribution is -2.36. The molecule has 0 radical (unpaired) electrons. The quantitative estimate of drug-likeness (QED) is 0.403. The van der Waals surface area contributed by atoms with Crippen LogP contribution in [0.1, 0.15) is 45.1 Å². The Balaban J connectivity index is 2.03. The minimum Gasteiger partial charge on any atom is -0.337 e. The molecule has 0 saturated carbocycles. The summed E-state index contributed by atoms with van der Waals surface area (Å²) in [6, 6.07) is 16.8. The molecule has 29 heavy (non-hydrogen) atoms. The number of likely N-dealkylation sites (N-methyl/N-ethyl adjacent to an activating group) is 1. The van der Waals surface area contributed by atoms with Gasteiger partial charge in [-0.05, 0) is 43.2 Å². The fourth-order valence-corrected chi connectivity index (χ4v) is 3.79. The summed E-state index contributed by atoms with van der Waals surface area (Å²) < 4.78 is 0. The number of para-hydroxylation sites is 1. The van der Waals surface area contributed by atoms with E-state index in [0.717, 1.165) is 31.4 Å². The second kappa shape index (κ2) is 9.75. The number of imide groups is 1. The van der Waals surface area contributed by atoms with Crippen molar-refractivity contribution in [1.29, 1.82) is 0 Å². The van der Waals surface area contributed by atoms with Gasteiger partial charge in [-0.2, -0.15) is 0 Å². The van der Waals surface area contributed by atoms with Crippen molar-refractivity contribution in [3.05, 3.63) is 70.9 Å². The zero-order chi connectivity index (χ0) is 20.8. The molecule has 1 heterocycles. The van der Waals surface area contributed by atoms with Crippen LogP contribution in [0.4, 0.5) is 5.69 Å². The van der Waals surface area contributed by atoms with Crippen LogP contribution in [0, 0.1) is 0 Å². The molecule has 0 atom stereocenters. The first-order chi connectivity index (χ1) is 14.1. The molecule has 0 N–H and O–H groups in total. The van der Waals surface area contributed by atoms with E-state index in [0.29, 0.717) is 34.9 Å². The van der Waals surface area contributed by atoms with Crippen molar-refractivity contribution in [2.24, 2.45) is 0 Å². The number of amides is 2. The number of hydrogen-bond donors (Lipinski definition) is 0. The average Bonchev–Trinajstić information content (AvgIpc) is 2.98. The molecule has 0 aliphatic carbocycles. The maximum absolute atomic E-state index is 13.4. The maximum atomic E-state index is 13.4. The first kappa shape index (κ1) is 21.1. The standard InChI is InChI=1S/C24H27ClN2O2/c1-3-5-6-10-17-27-23(28)21(18-13-15-19(25)16-14-18)22(24(27)29)26(4-2)20-11-8-7-9-12-20/h7-9,11-16H,3-6,10,17H2,1-2H3. The molecule has 3 rings (SSSR count). The van der Waals surface area contributed by atoms with Gasteiger partial charge in [0, 0.05) is 23.8 Å². The number of benzene rings is 2. The summed E-state index contributed by atoms with van der Waals surface area (Å²) in [7, 11) is 0. The van der Waals surface area contributed by atoms with Crippen LogP contribution in [0.25, 0.3) is 5.57 Å². The van der Waals surface area contributed by atoms with Gasteiger partial charge in [0.25, 0.3) is 11.8 Å². The number of carbonyl (C=O) groups excluding carboxylic acids is 2. The van der Waals surface area contributed by atoms with E-state index < -0.39 is 0 Å². The fraction of sp³-hybridized carbons (Fsp3) is 0.333. The molecule has 0 aromatic heterocycles. The Morgan fingerprint density at radius 1 is 0.862 bits per heavy atom. The number of halogens is 1. The van der Waals surface area contributed by atoms with Gasteiger partial charge in [0.1, 0.15) is 5.70 Å². The summed E-state index contributed by atoms with van der Waals surface area (Å²) in [6.45, 7) is 5.16. The average molecular weight is 411 g/mol. The van der Waals surface area contributed by atoms with Crippen LogP contribution in [0.3, 0.4) is 0 Å². The third-order valence-corrected chi connectivity index (χ3v) is 5.42. The second-order valence-corrected chi connectivity index (χ2v) is 7.57. The van der Waals surface area contributed by atoms with Gasteiger partial charge in [-0.25, -0.2) is 0 Å². The van der Waals surface area contributed by atoms with E-state index in [1.807, 2.05) is 54.3 Å². The molecule has 2 aromatic carbocycles. The van der Waals surface area contributed by atoms with E-state index in [-0.39, 0.29) is 11.8 Å². The summed E-state index contributed by atoms with van der Waals surface area (Å²) in [6.07, 6.45) is 4.05. The maximum Gasteiger partial charge on any atom is 0.278 e. The minimum absolute atomic E-state index is 0.220. The lowest BCUT2D eigenvalue weighted by Gasteiger charge is -2.25. The van der Waals surface area contributed by atoms with Gasteiger partial charge in [-0.3, -0.25) is 14.5 Å². The highest BCUT2D eigenvalue weighted by atomic mass is 35.5. The van der Waals surface area contributed by atoms with Gasteiger partial charge in [0.05, 0.1) is 5.57 Å². The van der Waals surface area contributed by atoms with E-state index in [1.165, 1.54) is 4.90 Å². The Labute approximate surface area is 177 Å². The van der Waals surface area contributed by atoms with Crippen LogP contribution < -0.4 is 4.90 Å². The zero-order valence-corrected chi connectivity index (χ0v) is 17.8. The Morgan fingerprint density at radius 2 is 1.55 bits per heavy atom. The monoisotopic (exact) mass is 410 g/mol. The number of anilines is 1. The summed E-state index contributed by atoms with van der Waals surface area (Å²) in [5.74, 6) is -0.444. The molecule has 0 fully saturated rings. The first-order valence-electron chi connectivity index (χ1n) is 10.3. The number of hydrogen-bond acceptors (Lipinski definition) is 3. The van der Waals surface area contributed by atoms with Gasteiger partial charge < -0.3 is 4.90 Å². The summed E-state index contributed by atoms with van der Waals surface area (Å²) >= 11 is 6.04. The molecule has 5 heteroatoms. The molecule has 0 bridgehead atoms. The Bertz CT molecular complexity index is 891. The topological polar surface area (TPSA) is 40.6 Å². The number of unbranched alkanes of at least 4 members (excludes halogenated alkanes) is 3. The Hall–Kier alpha value is -2.59. The highest BCUT2D eigenvalue weighted by molar-refractivity contribution is 6.37. The van der Waals surface area contributed by atoms with Crippen LogP contribution in [0.5, 0.6) is 0 Å². The van der Waals surface area contributed by atoms with E-state index in [2.05, 4.69) is 6.92 Å². The van der Waals surface area contributed by atoms with E-state index in [4.69, 9.17) is 11.6 Å². The van der Waals surface area contributed by atoms with Gasteiger partial charge in [0.15, 0.2) is 0 Å². The third-order valence-electron chi connectivity index (χ3n) is 5.17. The summed E-state index contributed by atoms with van der Waals surface area (Å²) in [5.41, 5.74) is 2.51. The lowest BCUT2D eigenvalue weighted by molar-refractivity contribution is -0.137. The predicted molar refractivity (Wildman–Crippen MR) is 119 cm³/mol. The molecule has 0 spiro atoms. The largest absolute Gasteiger partial charge is 0.337 e. The SMILES string of the molecule is CCCCCCN1C(=O)C(c2ccc(Cl)cc2)=C(N(CC)c2ccccc2)C1=O. The molecule has 152 valence electrons. The smallest absolute Gasteiger partial charge is 0.278 e. The minimum atomic E-state index is -0.224. The van der Waals surface area contributed by atoms with Gasteiger partial charge in [0.2, 0.25) is 0 Å². The van der Waals surface area contributed by atoms with Gasteiger partial charge in [-0.15, -0.1) is 0 Å². The number of nitrogens with zero attached hydrogens (tertiary/aromatic N) is 2. The van der Waals surface area contributed by atoms with Crippen molar-refractivity contribution in [2.75, 3.05) is 18.0 Å². The molecule has 2 aromatic rings. The van der Waals surface area contributed by atoms with Crippen molar-refractivity contribution in [3.8, 4) is 0 Å². The van der Waals surface area contributed by atoms with Crippen LogP contribution >= 0.6 is 11.6 Å². The van der Waals surface area contributed by atoms with Crippen molar-refractivity contribution in [1.82, 2.24) is 4.90 Å². The Morgan fingerprint density at radius 3 is 2.17 bits per heavy atom. The summed E-state index contributed by atoms with van der Waals surface area (Å²) in [5, 5.41) is 0.597. The van der Waals surface area contributed by atoms with Crippen LogP contribution in [0.2, 0.25) is 5.02 Å². The number of rotatable bonds is 9. The predicted octanol–water partition coefficient (Wildman–Crippen LogP) is 5.53. The first-order valence-corrected chi connectivity index (χ1v) is 10.6. The van der Waals surface area contributed by atoms with Crippen LogP contribution in [0.15, 0.2) is 60.3 Å². The highest BCUT2D eigenvalue weighted by Crippen LogP contribution is 2.34. The molecule has 1 aliphatic rings. The molecular formula is C24H27ClN2O2. The van der Waals surface area contributed by atoms with Crippen LogP contribution in [-0.2, 0) is 9.59 Å². The lowest BCUT2D eigenvalue weighted by atomic mass is 10.0. The molecular weight excluding hydrogens is 384 g/mol. The van der Waals surface area contributed by atoms with Crippen LogP contribution in [-0.4, -0.2) is 29.8 Å². The van der Waals surface area contributed by atoms with Crippen molar-refractivity contribution < 1.29 is 9.59 Å². The number of carbonyl (C=O) groups is 2. The molecule has 4 nitrogen and oxygen atoms in total.